The molecule has 2 aromatic carbocycles. The van der Waals surface area contributed by atoms with Crippen LogP contribution in [0.2, 0.25) is 5.02 Å². The Bertz CT molecular complexity index is 658. The zero-order valence-corrected chi connectivity index (χ0v) is 13.2. The summed E-state index contributed by atoms with van der Waals surface area (Å²) < 4.78 is 18.4. The van der Waals surface area contributed by atoms with E-state index in [9.17, 15) is 9.18 Å². The highest BCUT2D eigenvalue weighted by molar-refractivity contribution is 6.32. The van der Waals surface area contributed by atoms with E-state index in [0.717, 1.165) is 12.5 Å². The molecule has 1 unspecified atom stereocenters. The number of rotatable bonds is 5. The van der Waals surface area contributed by atoms with E-state index >= 15 is 0 Å². The number of nitrogens with one attached hydrogen (secondary N) is 1. The highest BCUT2D eigenvalue weighted by Gasteiger charge is 2.16. The van der Waals surface area contributed by atoms with Gasteiger partial charge in [-0.2, -0.15) is 0 Å². The van der Waals surface area contributed by atoms with Gasteiger partial charge in [0, 0.05) is 5.69 Å². The average Bonchev–Trinajstić information content (AvgIpc) is 2.50. The van der Waals surface area contributed by atoms with Crippen LogP contribution >= 0.6 is 11.6 Å². The van der Waals surface area contributed by atoms with Crippen molar-refractivity contribution in [3.63, 3.8) is 0 Å². The number of benzene rings is 2. The first-order valence-corrected chi connectivity index (χ1v) is 7.39. The lowest BCUT2D eigenvalue weighted by Gasteiger charge is -2.15. The molecular formula is C17H17ClFNO2. The summed E-state index contributed by atoms with van der Waals surface area (Å²) >= 11 is 5.88. The molecule has 0 aliphatic rings. The number of hydrogen-bond acceptors (Lipinski definition) is 2. The number of amides is 1. The van der Waals surface area contributed by atoms with Gasteiger partial charge in [0.05, 0.1) is 5.02 Å². The van der Waals surface area contributed by atoms with Crippen LogP contribution in [0.3, 0.4) is 0 Å². The summed E-state index contributed by atoms with van der Waals surface area (Å²) in [6.07, 6.45) is 0.186. The Morgan fingerprint density at radius 1 is 1.27 bits per heavy atom. The molecule has 0 aromatic heterocycles. The molecule has 0 bridgehead atoms. The van der Waals surface area contributed by atoms with Crippen molar-refractivity contribution in [1.82, 2.24) is 0 Å². The SMILES string of the molecule is CCc1ccc(NC(=O)C(C)Oc2ccc(F)cc2Cl)cc1. The van der Waals surface area contributed by atoms with Gasteiger partial charge >= 0.3 is 0 Å². The van der Waals surface area contributed by atoms with Crippen LogP contribution < -0.4 is 10.1 Å². The van der Waals surface area contributed by atoms with E-state index in [1.807, 2.05) is 24.3 Å². The molecule has 2 rings (SSSR count). The molecule has 0 radical (unpaired) electrons. The van der Waals surface area contributed by atoms with Gasteiger partial charge in [0.15, 0.2) is 6.10 Å². The highest BCUT2D eigenvalue weighted by Crippen LogP contribution is 2.26. The maximum absolute atomic E-state index is 13.0. The topological polar surface area (TPSA) is 38.3 Å². The molecule has 2 aromatic rings. The standard InChI is InChI=1S/C17H17ClFNO2/c1-3-12-4-7-14(8-5-12)20-17(21)11(2)22-16-9-6-13(19)10-15(16)18/h4-11H,3H2,1-2H3,(H,20,21). The zero-order chi connectivity index (χ0) is 16.1. The predicted octanol–water partition coefficient (Wildman–Crippen LogP) is 4.45. The third kappa shape index (κ3) is 4.21. The van der Waals surface area contributed by atoms with Crippen LogP contribution in [0.5, 0.6) is 5.75 Å². The molecule has 0 aliphatic heterocycles. The predicted molar refractivity (Wildman–Crippen MR) is 85.9 cm³/mol. The maximum atomic E-state index is 13.0. The third-order valence-corrected chi connectivity index (χ3v) is 3.49. The zero-order valence-electron chi connectivity index (χ0n) is 12.4. The minimum Gasteiger partial charge on any atom is -0.479 e. The first kappa shape index (κ1) is 16.3. The molecule has 0 spiro atoms. The summed E-state index contributed by atoms with van der Waals surface area (Å²) in [5, 5.41) is 2.89. The van der Waals surface area contributed by atoms with Gasteiger partial charge in [-0.05, 0) is 49.2 Å². The van der Waals surface area contributed by atoms with E-state index in [1.54, 1.807) is 6.92 Å². The summed E-state index contributed by atoms with van der Waals surface area (Å²) in [5.41, 5.74) is 1.89. The third-order valence-electron chi connectivity index (χ3n) is 3.20. The summed E-state index contributed by atoms with van der Waals surface area (Å²) in [5.74, 6) is -0.484. The van der Waals surface area contributed by atoms with E-state index in [-0.39, 0.29) is 16.7 Å². The number of ether oxygens (including phenoxy) is 1. The molecule has 0 heterocycles. The Balaban J connectivity index is 1.99. The van der Waals surface area contributed by atoms with Crippen molar-refractivity contribution in [2.75, 3.05) is 5.32 Å². The van der Waals surface area contributed by atoms with Crippen LogP contribution in [0.25, 0.3) is 0 Å². The van der Waals surface area contributed by atoms with Crippen molar-refractivity contribution in [3.8, 4) is 5.75 Å². The summed E-state index contributed by atoms with van der Waals surface area (Å²) in [7, 11) is 0. The molecule has 1 atom stereocenters. The molecule has 0 saturated heterocycles. The van der Waals surface area contributed by atoms with Crippen LogP contribution in [0.4, 0.5) is 10.1 Å². The lowest BCUT2D eigenvalue weighted by Crippen LogP contribution is -2.30. The maximum Gasteiger partial charge on any atom is 0.265 e. The van der Waals surface area contributed by atoms with Crippen molar-refractivity contribution >= 4 is 23.2 Å². The molecule has 0 fully saturated rings. The van der Waals surface area contributed by atoms with Crippen LogP contribution in [-0.4, -0.2) is 12.0 Å². The van der Waals surface area contributed by atoms with Crippen LogP contribution in [0.1, 0.15) is 19.4 Å². The Kier molecular flexibility index (Phi) is 5.39. The number of carbonyl (C=O) groups excluding carboxylic acids is 1. The van der Waals surface area contributed by atoms with Gasteiger partial charge in [-0.1, -0.05) is 30.7 Å². The van der Waals surface area contributed by atoms with E-state index < -0.39 is 11.9 Å². The second-order valence-electron chi connectivity index (χ2n) is 4.87. The average molecular weight is 322 g/mol. The second kappa shape index (κ2) is 7.27. The van der Waals surface area contributed by atoms with Crippen molar-refractivity contribution in [2.24, 2.45) is 0 Å². The number of halogens is 2. The fraction of sp³-hybridized carbons (Fsp3) is 0.235. The van der Waals surface area contributed by atoms with E-state index in [4.69, 9.17) is 16.3 Å². The Morgan fingerprint density at radius 2 is 1.95 bits per heavy atom. The molecule has 0 aliphatic carbocycles. The van der Waals surface area contributed by atoms with Gasteiger partial charge in [0.2, 0.25) is 0 Å². The molecular weight excluding hydrogens is 305 g/mol. The highest BCUT2D eigenvalue weighted by atomic mass is 35.5. The van der Waals surface area contributed by atoms with E-state index in [2.05, 4.69) is 12.2 Å². The molecule has 0 saturated carbocycles. The normalized spacial score (nSPS) is 11.8. The first-order chi connectivity index (χ1) is 10.5. The van der Waals surface area contributed by atoms with Crippen molar-refractivity contribution < 1.29 is 13.9 Å². The van der Waals surface area contributed by atoms with Crippen molar-refractivity contribution in [3.05, 3.63) is 58.9 Å². The summed E-state index contributed by atoms with van der Waals surface area (Å²) in [6.45, 7) is 3.67. The molecule has 1 N–H and O–H groups in total. The second-order valence-corrected chi connectivity index (χ2v) is 5.28. The fourth-order valence-corrected chi connectivity index (χ4v) is 2.09. The Labute approximate surface area is 134 Å². The Morgan fingerprint density at radius 3 is 2.55 bits per heavy atom. The lowest BCUT2D eigenvalue weighted by molar-refractivity contribution is -0.122. The van der Waals surface area contributed by atoms with E-state index in [0.29, 0.717) is 5.69 Å². The lowest BCUT2D eigenvalue weighted by atomic mass is 10.1. The van der Waals surface area contributed by atoms with Gasteiger partial charge in [-0.3, -0.25) is 4.79 Å². The van der Waals surface area contributed by atoms with Crippen molar-refractivity contribution in [1.29, 1.82) is 0 Å². The number of aryl methyl sites for hydroxylation is 1. The number of anilines is 1. The van der Waals surface area contributed by atoms with Gasteiger partial charge in [-0.25, -0.2) is 4.39 Å². The fourth-order valence-electron chi connectivity index (χ4n) is 1.88. The van der Waals surface area contributed by atoms with Crippen molar-refractivity contribution in [2.45, 2.75) is 26.4 Å². The quantitative estimate of drug-likeness (QED) is 0.883. The minimum absolute atomic E-state index is 0.131. The van der Waals surface area contributed by atoms with Crippen LogP contribution in [-0.2, 0) is 11.2 Å². The van der Waals surface area contributed by atoms with Gasteiger partial charge in [-0.15, -0.1) is 0 Å². The monoisotopic (exact) mass is 321 g/mol. The van der Waals surface area contributed by atoms with Gasteiger partial charge in [0.1, 0.15) is 11.6 Å². The number of carbonyl (C=O) groups is 1. The molecule has 5 heteroatoms. The summed E-state index contributed by atoms with van der Waals surface area (Å²) in [6, 6.07) is 11.4. The molecule has 116 valence electrons. The molecule has 1 amide bonds. The van der Waals surface area contributed by atoms with E-state index in [1.165, 1.54) is 17.7 Å². The van der Waals surface area contributed by atoms with Gasteiger partial charge in [0.25, 0.3) is 5.91 Å². The first-order valence-electron chi connectivity index (χ1n) is 7.01. The smallest absolute Gasteiger partial charge is 0.265 e. The van der Waals surface area contributed by atoms with Crippen LogP contribution in [0.15, 0.2) is 42.5 Å². The molecule has 22 heavy (non-hydrogen) atoms. The summed E-state index contributed by atoms with van der Waals surface area (Å²) in [4.78, 5) is 12.1. The van der Waals surface area contributed by atoms with Gasteiger partial charge < -0.3 is 10.1 Å². The minimum atomic E-state index is -0.756. The number of hydrogen-bond donors (Lipinski definition) is 1. The largest absolute Gasteiger partial charge is 0.479 e. The van der Waals surface area contributed by atoms with Crippen LogP contribution in [0, 0.1) is 5.82 Å². The Hall–Kier alpha value is -2.07. The molecule has 3 nitrogen and oxygen atoms in total.